The predicted molar refractivity (Wildman–Crippen MR) is 90.0 cm³/mol. The molecule has 1 unspecified atom stereocenters. The first-order valence-electron chi connectivity index (χ1n) is 8.21. The molecule has 2 aromatic rings. The fourth-order valence-corrected chi connectivity index (χ4v) is 2.58. The number of halogens is 1. The molecule has 1 aliphatic heterocycles. The summed E-state index contributed by atoms with van der Waals surface area (Å²) in [4.78, 5) is 18.2. The fourth-order valence-electron chi connectivity index (χ4n) is 2.58. The summed E-state index contributed by atoms with van der Waals surface area (Å²) in [5.74, 6) is -0.285. The third-order valence-corrected chi connectivity index (χ3v) is 3.78. The van der Waals surface area contributed by atoms with Crippen molar-refractivity contribution >= 4 is 6.09 Å². The van der Waals surface area contributed by atoms with Crippen molar-refractivity contribution < 1.29 is 18.7 Å². The summed E-state index contributed by atoms with van der Waals surface area (Å²) in [6.07, 6.45) is 2.82. The second kappa shape index (κ2) is 6.84. The minimum absolute atomic E-state index is 0.285. The summed E-state index contributed by atoms with van der Waals surface area (Å²) >= 11 is 0. The summed E-state index contributed by atoms with van der Waals surface area (Å²) in [6.45, 7) is 6.82. The number of hydrogen-bond donors (Lipinski definition) is 0. The molecule has 1 aromatic carbocycles. The van der Waals surface area contributed by atoms with Gasteiger partial charge < -0.3 is 18.9 Å². The second-order valence-corrected chi connectivity index (χ2v) is 6.97. The molecule has 1 aromatic heterocycles. The van der Waals surface area contributed by atoms with Crippen LogP contribution in [0.3, 0.4) is 0 Å². The number of nitrogens with zero attached hydrogens (tertiary/aromatic N) is 3. The van der Waals surface area contributed by atoms with E-state index in [-0.39, 0.29) is 18.0 Å². The van der Waals surface area contributed by atoms with E-state index in [2.05, 4.69) is 4.98 Å². The maximum Gasteiger partial charge on any atom is 0.410 e. The molecule has 0 N–H and O–H groups in total. The average Bonchev–Trinajstić information content (AvgIpc) is 3.04. The number of hydrogen-bond acceptors (Lipinski definition) is 4. The summed E-state index contributed by atoms with van der Waals surface area (Å²) in [6, 6.07) is 6.15. The Morgan fingerprint density at radius 2 is 2.04 bits per heavy atom. The summed E-state index contributed by atoms with van der Waals surface area (Å²) in [5, 5.41) is 0. The van der Waals surface area contributed by atoms with Crippen molar-refractivity contribution in [3.63, 3.8) is 0 Å². The molecule has 1 amide bonds. The number of imidazole rings is 1. The summed E-state index contributed by atoms with van der Waals surface area (Å²) < 4.78 is 26.0. The molecule has 0 spiro atoms. The second-order valence-electron chi connectivity index (χ2n) is 6.97. The zero-order valence-corrected chi connectivity index (χ0v) is 14.6. The highest BCUT2D eigenvalue weighted by molar-refractivity contribution is 5.68. The first kappa shape index (κ1) is 17.4. The average molecular weight is 347 g/mol. The molecule has 25 heavy (non-hydrogen) atoms. The number of morpholine rings is 1. The number of aromatic nitrogens is 2. The topological polar surface area (TPSA) is 56.6 Å². The van der Waals surface area contributed by atoms with Gasteiger partial charge in [0.05, 0.1) is 25.2 Å². The van der Waals surface area contributed by atoms with Crippen LogP contribution in [0.1, 0.15) is 32.6 Å². The van der Waals surface area contributed by atoms with Gasteiger partial charge >= 0.3 is 6.09 Å². The van der Waals surface area contributed by atoms with E-state index >= 15 is 0 Å². The van der Waals surface area contributed by atoms with Gasteiger partial charge in [-0.2, -0.15) is 0 Å². The Morgan fingerprint density at radius 1 is 1.32 bits per heavy atom. The molecular weight excluding hydrogens is 325 g/mol. The molecule has 134 valence electrons. The quantitative estimate of drug-likeness (QED) is 0.836. The Bertz CT molecular complexity index is 737. The minimum Gasteiger partial charge on any atom is -0.444 e. The zero-order chi connectivity index (χ0) is 18.0. The molecule has 0 radical (unpaired) electrons. The van der Waals surface area contributed by atoms with Crippen LogP contribution in [0.15, 0.2) is 36.8 Å². The van der Waals surface area contributed by atoms with Crippen LogP contribution in [0.5, 0.6) is 0 Å². The fraction of sp³-hybridized carbons (Fsp3) is 0.444. The van der Waals surface area contributed by atoms with Gasteiger partial charge in [-0.1, -0.05) is 0 Å². The molecule has 1 aliphatic rings. The van der Waals surface area contributed by atoms with Gasteiger partial charge in [0.2, 0.25) is 0 Å². The van der Waals surface area contributed by atoms with Crippen molar-refractivity contribution in [3.8, 4) is 5.69 Å². The third kappa shape index (κ3) is 4.36. The van der Waals surface area contributed by atoms with Crippen LogP contribution in [-0.4, -0.2) is 45.8 Å². The number of amides is 1. The molecule has 0 bridgehead atoms. The van der Waals surface area contributed by atoms with Crippen LogP contribution >= 0.6 is 0 Å². The van der Waals surface area contributed by atoms with Gasteiger partial charge in [-0.15, -0.1) is 0 Å². The first-order chi connectivity index (χ1) is 11.8. The van der Waals surface area contributed by atoms with E-state index in [0.29, 0.717) is 19.7 Å². The van der Waals surface area contributed by atoms with E-state index in [1.807, 2.05) is 27.0 Å². The van der Waals surface area contributed by atoms with Crippen LogP contribution < -0.4 is 0 Å². The van der Waals surface area contributed by atoms with E-state index in [1.165, 1.54) is 12.1 Å². The molecule has 0 aliphatic carbocycles. The number of carbonyl (C=O) groups excluding carboxylic acids is 1. The molecule has 3 rings (SSSR count). The Morgan fingerprint density at radius 3 is 2.72 bits per heavy atom. The lowest BCUT2D eigenvalue weighted by molar-refractivity contribution is -0.0446. The van der Waals surface area contributed by atoms with E-state index in [4.69, 9.17) is 9.47 Å². The lowest BCUT2D eigenvalue weighted by Gasteiger charge is -2.33. The SMILES string of the molecule is CC(C)(C)OC(=O)N1CCOC(c2cn(-c3ccc(F)cc3)cn2)C1. The number of benzene rings is 1. The monoisotopic (exact) mass is 347 g/mol. The van der Waals surface area contributed by atoms with Gasteiger partial charge in [0.15, 0.2) is 0 Å². The van der Waals surface area contributed by atoms with Crippen LogP contribution in [0.4, 0.5) is 9.18 Å². The van der Waals surface area contributed by atoms with Crippen molar-refractivity contribution in [3.05, 3.63) is 48.3 Å². The van der Waals surface area contributed by atoms with Crippen molar-refractivity contribution in [2.75, 3.05) is 19.7 Å². The van der Waals surface area contributed by atoms with E-state index < -0.39 is 5.60 Å². The van der Waals surface area contributed by atoms with Crippen molar-refractivity contribution in [1.29, 1.82) is 0 Å². The zero-order valence-electron chi connectivity index (χ0n) is 14.6. The highest BCUT2D eigenvalue weighted by Gasteiger charge is 2.30. The van der Waals surface area contributed by atoms with Gasteiger partial charge in [0.25, 0.3) is 0 Å². The molecule has 6 nitrogen and oxygen atoms in total. The largest absolute Gasteiger partial charge is 0.444 e. The predicted octanol–water partition coefficient (Wildman–Crippen LogP) is 3.32. The Kier molecular flexibility index (Phi) is 4.76. The molecule has 0 saturated carbocycles. The summed E-state index contributed by atoms with van der Waals surface area (Å²) in [7, 11) is 0. The standard InChI is InChI=1S/C18H22FN3O3/c1-18(2,3)25-17(23)21-8-9-24-16(11-21)15-10-22(12-20-15)14-6-4-13(19)5-7-14/h4-7,10,12,16H,8-9,11H2,1-3H3. The molecule has 1 atom stereocenters. The van der Waals surface area contributed by atoms with Crippen LogP contribution in [0, 0.1) is 5.82 Å². The highest BCUT2D eigenvalue weighted by Crippen LogP contribution is 2.23. The highest BCUT2D eigenvalue weighted by atomic mass is 19.1. The summed E-state index contributed by atoms with van der Waals surface area (Å²) in [5.41, 5.74) is 0.993. The van der Waals surface area contributed by atoms with Crippen LogP contribution in [-0.2, 0) is 9.47 Å². The lowest BCUT2D eigenvalue weighted by Crippen LogP contribution is -2.44. The first-order valence-corrected chi connectivity index (χ1v) is 8.21. The smallest absolute Gasteiger partial charge is 0.410 e. The maximum atomic E-state index is 13.0. The van der Waals surface area contributed by atoms with Crippen molar-refractivity contribution in [2.24, 2.45) is 0 Å². The number of ether oxygens (including phenoxy) is 2. The lowest BCUT2D eigenvalue weighted by atomic mass is 10.2. The molecular formula is C18H22FN3O3. The van der Waals surface area contributed by atoms with Crippen molar-refractivity contribution in [1.82, 2.24) is 14.5 Å². The van der Waals surface area contributed by atoms with Crippen LogP contribution in [0.25, 0.3) is 5.69 Å². The molecule has 2 heterocycles. The van der Waals surface area contributed by atoms with Gasteiger partial charge in [0, 0.05) is 18.4 Å². The van der Waals surface area contributed by atoms with E-state index in [1.54, 1.807) is 27.9 Å². The number of rotatable bonds is 2. The third-order valence-electron chi connectivity index (χ3n) is 3.78. The maximum absolute atomic E-state index is 13.0. The van der Waals surface area contributed by atoms with E-state index in [9.17, 15) is 9.18 Å². The van der Waals surface area contributed by atoms with Gasteiger partial charge in [-0.05, 0) is 45.0 Å². The minimum atomic E-state index is -0.533. The number of carbonyl (C=O) groups is 1. The Balaban J connectivity index is 1.70. The normalized spacial score (nSPS) is 18.2. The Labute approximate surface area is 146 Å². The molecule has 7 heteroatoms. The van der Waals surface area contributed by atoms with Crippen LogP contribution in [0.2, 0.25) is 0 Å². The van der Waals surface area contributed by atoms with E-state index in [0.717, 1.165) is 11.4 Å². The van der Waals surface area contributed by atoms with Crippen molar-refractivity contribution in [2.45, 2.75) is 32.5 Å². The molecule has 1 saturated heterocycles. The molecule has 1 fully saturated rings. The van der Waals surface area contributed by atoms with Gasteiger partial charge in [-0.25, -0.2) is 14.2 Å². The van der Waals surface area contributed by atoms with Gasteiger partial charge in [-0.3, -0.25) is 0 Å². The van der Waals surface area contributed by atoms with Gasteiger partial charge in [0.1, 0.15) is 17.5 Å². The Hall–Kier alpha value is -2.41.